The molecule has 0 heterocycles. The number of carbonyl (C=O) groups excluding carboxylic acids is 4. The van der Waals surface area contributed by atoms with Gasteiger partial charge in [0.2, 0.25) is 0 Å². The Morgan fingerprint density at radius 2 is 0.455 bits per heavy atom. The minimum atomic E-state index is -4.96. The van der Waals surface area contributed by atoms with Crippen LogP contribution in [0.1, 0.15) is 433 Å². The topological polar surface area (TPSA) is 237 Å². The van der Waals surface area contributed by atoms with Gasteiger partial charge in [-0.25, -0.2) is 9.13 Å². The second-order valence-corrected chi connectivity index (χ2v) is 33.4. The lowest BCUT2D eigenvalue weighted by molar-refractivity contribution is -0.161. The average molecular weight is 1480 g/mol. The molecule has 2 unspecified atom stereocenters. The average Bonchev–Trinajstić information content (AvgIpc) is 0.944. The van der Waals surface area contributed by atoms with E-state index in [0.717, 1.165) is 102 Å². The molecule has 0 amide bonds. The second kappa shape index (κ2) is 73.6. The van der Waals surface area contributed by atoms with Gasteiger partial charge in [0, 0.05) is 25.7 Å². The number of unbranched alkanes of at least 4 members (excludes halogenated alkanes) is 51. The highest BCUT2D eigenvalue weighted by molar-refractivity contribution is 7.47. The fourth-order valence-corrected chi connectivity index (χ4v) is 14.3. The van der Waals surface area contributed by atoms with Crippen LogP contribution in [0.25, 0.3) is 0 Å². The van der Waals surface area contributed by atoms with Gasteiger partial charge in [-0.1, -0.05) is 382 Å². The lowest BCUT2D eigenvalue weighted by atomic mass is 10.0. The Hall–Kier alpha value is -1.94. The smallest absolute Gasteiger partial charge is 0.462 e. The van der Waals surface area contributed by atoms with Crippen molar-refractivity contribution in [1.82, 2.24) is 0 Å². The first-order chi connectivity index (χ1) is 48.9. The number of hydrogen-bond acceptors (Lipinski definition) is 15. The number of hydrogen-bond donors (Lipinski definition) is 3. The molecule has 0 aromatic rings. The van der Waals surface area contributed by atoms with Gasteiger partial charge in [-0.15, -0.1) is 0 Å². The quantitative estimate of drug-likeness (QED) is 0.0222. The van der Waals surface area contributed by atoms with Crippen LogP contribution in [0.4, 0.5) is 0 Å². The van der Waals surface area contributed by atoms with E-state index in [0.29, 0.717) is 25.7 Å². The van der Waals surface area contributed by atoms with Crippen molar-refractivity contribution in [3.63, 3.8) is 0 Å². The molecule has 600 valence electrons. The monoisotopic (exact) mass is 1480 g/mol. The molecule has 0 saturated carbocycles. The molecule has 0 aliphatic carbocycles. The van der Waals surface area contributed by atoms with Crippen LogP contribution in [-0.2, 0) is 65.4 Å². The van der Waals surface area contributed by atoms with E-state index in [1.807, 2.05) is 0 Å². The number of phosphoric acid groups is 2. The number of aliphatic hydroxyl groups excluding tert-OH is 1. The minimum Gasteiger partial charge on any atom is -0.462 e. The molecule has 0 radical (unpaired) electrons. The lowest BCUT2D eigenvalue weighted by Gasteiger charge is -2.21. The van der Waals surface area contributed by atoms with Crippen LogP contribution < -0.4 is 0 Å². The molecule has 0 aliphatic heterocycles. The van der Waals surface area contributed by atoms with Crippen molar-refractivity contribution in [3.05, 3.63) is 0 Å². The summed E-state index contributed by atoms with van der Waals surface area (Å²) >= 11 is 0. The van der Waals surface area contributed by atoms with E-state index in [9.17, 15) is 43.2 Å². The maximum Gasteiger partial charge on any atom is 0.472 e. The molecule has 0 aromatic heterocycles. The minimum absolute atomic E-state index is 0.107. The molecule has 0 spiro atoms. The molecule has 3 N–H and O–H groups in total. The van der Waals surface area contributed by atoms with Crippen LogP contribution in [0, 0.1) is 11.8 Å². The maximum absolute atomic E-state index is 13.1. The van der Waals surface area contributed by atoms with Crippen molar-refractivity contribution >= 4 is 39.5 Å². The fourth-order valence-electron chi connectivity index (χ4n) is 12.7. The summed E-state index contributed by atoms with van der Waals surface area (Å²) < 4.78 is 68.7. The van der Waals surface area contributed by atoms with Gasteiger partial charge in [0.05, 0.1) is 26.4 Å². The second-order valence-electron chi connectivity index (χ2n) is 30.5. The molecule has 0 rings (SSSR count). The third kappa shape index (κ3) is 76.1. The summed E-state index contributed by atoms with van der Waals surface area (Å²) in [6.07, 6.45) is 63.9. The number of esters is 4. The summed E-state index contributed by atoms with van der Waals surface area (Å²) in [4.78, 5) is 73.0. The highest BCUT2D eigenvalue weighted by Crippen LogP contribution is 2.45. The lowest BCUT2D eigenvalue weighted by Crippen LogP contribution is -2.30. The summed E-state index contributed by atoms with van der Waals surface area (Å²) in [7, 11) is -9.92. The summed E-state index contributed by atoms with van der Waals surface area (Å²) in [5, 5.41) is 10.6. The predicted octanol–water partition coefficient (Wildman–Crippen LogP) is 24.7. The van der Waals surface area contributed by atoms with E-state index in [1.165, 1.54) is 250 Å². The van der Waals surface area contributed by atoms with E-state index >= 15 is 0 Å². The van der Waals surface area contributed by atoms with E-state index in [1.54, 1.807) is 0 Å². The van der Waals surface area contributed by atoms with Crippen molar-refractivity contribution in [2.24, 2.45) is 11.8 Å². The van der Waals surface area contributed by atoms with Gasteiger partial charge in [-0.05, 0) is 37.5 Å². The van der Waals surface area contributed by atoms with Crippen LogP contribution in [0.5, 0.6) is 0 Å². The van der Waals surface area contributed by atoms with Crippen molar-refractivity contribution in [1.29, 1.82) is 0 Å². The molecule has 0 aromatic carbocycles. The van der Waals surface area contributed by atoms with Gasteiger partial charge in [0.1, 0.15) is 19.3 Å². The highest BCUT2D eigenvalue weighted by atomic mass is 31.2. The summed E-state index contributed by atoms with van der Waals surface area (Å²) in [5.74, 6) is -0.522. The normalized spacial score (nSPS) is 13.9. The van der Waals surface area contributed by atoms with Gasteiger partial charge < -0.3 is 33.8 Å². The number of aliphatic hydroxyl groups is 1. The van der Waals surface area contributed by atoms with Crippen molar-refractivity contribution in [2.75, 3.05) is 39.6 Å². The Kier molecular flexibility index (Phi) is 72.2. The molecule has 0 bridgehead atoms. The zero-order chi connectivity index (χ0) is 74.2. The Labute approximate surface area is 619 Å². The number of rotatable bonds is 81. The molecular weight excluding hydrogens is 1320 g/mol. The first-order valence-corrected chi connectivity index (χ1v) is 45.5. The Morgan fingerprint density at radius 1 is 0.267 bits per heavy atom. The molecule has 0 aliphatic rings. The van der Waals surface area contributed by atoms with Crippen LogP contribution in [0.15, 0.2) is 0 Å². The van der Waals surface area contributed by atoms with Crippen LogP contribution >= 0.6 is 15.6 Å². The zero-order valence-electron chi connectivity index (χ0n) is 66.2. The van der Waals surface area contributed by atoms with Gasteiger partial charge in [0.15, 0.2) is 12.2 Å². The molecule has 0 fully saturated rings. The molecule has 5 atom stereocenters. The Morgan fingerprint density at radius 3 is 0.673 bits per heavy atom. The van der Waals surface area contributed by atoms with Crippen LogP contribution in [-0.4, -0.2) is 96.7 Å². The summed E-state index contributed by atoms with van der Waals surface area (Å²) in [6.45, 7) is 9.66. The van der Waals surface area contributed by atoms with Crippen molar-refractivity contribution in [3.8, 4) is 0 Å². The first-order valence-electron chi connectivity index (χ1n) is 42.5. The third-order valence-electron chi connectivity index (χ3n) is 19.2. The van der Waals surface area contributed by atoms with Crippen molar-refractivity contribution < 1.29 is 80.2 Å². The van der Waals surface area contributed by atoms with Gasteiger partial charge >= 0.3 is 39.5 Å². The van der Waals surface area contributed by atoms with Crippen LogP contribution in [0.3, 0.4) is 0 Å². The molecule has 17 nitrogen and oxygen atoms in total. The fraction of sp³-hybridized carbons (Fsp3) is 0.951. The third-order valence-corrected chi connectivity index (χ3v) is 21.1. The van der Waals surface area contributed by atoms with Gasteiger partial charge in [-0.2, -0.15) is 0 Å². The van der Waals surface area contributed by atoms with Crippen molar-refractivity contribution in [2.45, 2.75) is 452 Å². The molecule has 101 heavy (non-hydrogen) atoms. The maximum atomic E-state index is 13.1. The number of carbonyl (C=O) groups is 4. The SMILES string of the molecule is CCCCCCCCCCCCCCCCCCCC(=O)OC[C@H](COP(=O)(O)OC[C@@H](O)COP(=O)(O)OC[C@@H](COC(=O)CCCCCCCCCCC)OC(=O)CCCCCCCCCCCCCC(C)C)OC(=O)CCCCCCCCCCCCCCCCCCCCC(C)C. The van der Waals surface area contributed by atoms with Gasteiger partial charge in [0.25, 0.3) is 0 Å². The number of phosphoric ester groups is 2. The number of ether oxygens (including phenoxy) is 4. The Balaban J connectivity index is 5.21. The van der Waals surface area contributed by atoms with E-state index in [2.05, 4.69) is 41.5 Å². The zero-order valence-corrected chi connectivity index (χ0v) is 68.0. The Bertz CT molecular complexity index is 1940. The largest absolute Gasteiger partial charge is 0.472 e. The molecule has 0 saturated heterocycles. The molecular formula is C82H160O17P2. The van der Waals surface area contributed by atoms with E-state index in [4.69, 9.17) is 37.0 Å². The standard InChI is InChI=1S/C82H160O17P2/c1-7-9-11-13-15-17-18-19-20-23-27-30-35-41-47-53-59-65-80(85)93-71-78(99-81(86)66-60-54-48-42-36-31-28-25-22-21-24-26-29-33-39-44-50-56-62-74(3)4)73-97-101(90,91)95-69-76(83)68-94-100(88,89)96-72-77(70-92-79(84)64-58-52-46-38-16-14-12-10-8-2)98-82(87)67-61-55-49-43-37-32-34-40-45-51-57-63-75(5)6/h74-78,83H,7-73H2,1-6H3,(H,88,89)(H,90,91)/t76-,77+,78+/m0/s1. The van der Waals surface area contributed by atoms with E-state index < -0.39 is 97.5 Å². The van der Waals surface area contributed by atoms with E-state index in [-0.39, 0.29) is 25.7 Å². The predicted molar refractivity (Wildman–Crippen MR) is 414 cm³/mol. The summed E-state index contributed by atoms with van der Waals surface area (Å²) in [6, 6.07) is 0. The van der Waals surface area contributed by atoms with Gasteiger partial charge in [-0.3, -0.25) is 37.3 Å². The summed E-state index contributed by atoms with van der Waals surface area (Å²) in [5.41, 5.74) is 0. The molecule has 19 heteroatoms. The van der Waals surface area contributed by atoms with Crippen LogP contribution in [0.2, 0.25) is 0 Å². The first kappa shape index (κ1) is 99.1. The highest BCUT2D eigenvalue weighted by Gasteiger charge is 2.30.